The van der Waals surface area contributed by atoms with E-state index in [0.717, 1.165) is 11.8 Å². The number of aromatic nitrogens is 2. The van der Waals surface area contributed by atoms with Crippen LogP contribution in [0.1, 0.15) is 59.4 Å². The summed E-state index contributed by atoms with van der Waals surface area (Å²) in [6, 6.07) is 14.5. The van der Waals surface area contributed by atoms with E-state index < -0.39 is 0 Å². The van der Waals surface area contributed by atoms with Crippen molar-refractivity contribution in [3.63, 3.8) is 0 Å². The molecule has 2 saturated carbocycles. The summed E-state index contributed by atoms with van der Waals surface area (Å²) < 4.78 is 5.02. The third-order valence-corrected chi connectivity index (χ3v) is 9.92. The van der Waals surface area contributed by atoms with Crippen LogP contribution in [0.4, 0.5) is 0 Å². The fourth-order valence-corrected chi connectivity index (χ4v) is 8.31. The third-order valence-electron chi connectivity index (χ3n) is 9.92. The van der Waals surface area contributed by atoms with Crippen LogP contribution < -0.4 is 4.57 Å². The first kappa shape index (κ1) is 20.1. The lowest BCUT2D eigenvalue weighted by Gasteiger charge is -2.24. The molecule has 0 saturated heterocycles. The number of hydrogen-bond acceptors (Lipinski definition) is 0. The van der Waals surface area contributed by atoms with Crippen LogP contribution in [-0.2, 0) is 7.05 Å². The molecule has 3 aromatic heterocycles. The van der Waals surface area contributed by atoms with E-state index in [2.05, 4.69) is 86.3 Å². The van der Waals surface area contributed by atoms with Crippen molar-refractivity contribution in [2.75, 3.05) is 0 Å². The topological polar surface area (TPSA) is 8.29 Å². The standard InChI is InChI=1S/C33H33N2/c1-17-6-9-27-26(12-17)30-25(24-15-21-7-8-22(24)14-21)16-23-10-11-34(5)32-28-20(4)18(2)13-19(3)31(28)35(27)33(30)29(23)32/h6,9-13,16,21-22,24H,7-8,14-15H2,1-5H3/q+1. The van der Waals surface area contributed by atoms with E-state index in [1.165, 1.54) is 96.9 Å². The molecule has 2 fully saturated rings. The van der Waals surface area contributed by atoms with Gasteiger partial charge in [-0.1, -0.05) is 24.1 Å². The molecule has 6 aromatic rings. The number of nitrogens with zero attached hydrogens (tertiary/aromatic N) is 2. The zero-order valence-electron chi connectivity index (χ0n) is 21.5. The van der Waals surface area contributed by atoms with Crippen molar-refractivity contribution in [3.05, 3.63) is 70.4 Å². The molecule has 2 bridgehead atoms. The maximum atomic E-state index is 2.65. The molecule has 35 heavy (non-hydrogen) atoms. The summed E-state index contributed by atoms with van der Waals surface area (Å²) in [4.78, 5) is 0. The largest absolute Gasteiger partial charge is 0.307 e. The molecular formula is C33H33N2+. The second-order valence-electron chi connectivity index (χ2n) is 11.9. The van der Waals surface area contributed by atoms with Crippen LogP contribution in [0.25, 0.3) is 49.0 Å². The maximum Gasteiger partial charge on any atom is 0.224 e. The van der Waals surface area contributed by atoms with Crippen LogP contribution >= 0.6 is 0 Å². The Morgan fingerprint density at radius 2 is 1.69 bits per heavy atom. The number of pyridine rings is 2. The average Bonchev–Trinajstić information content (AvgIpc) is 3.55. The summed E-state index contributed by atoms with van der Waals surface area (Å²) in [5.41, 5.74) is 12.7. The zero-order chi connectivity index (χ0) is 23.7. The van der Waals surface area contributed by atoms with Crippen molar-refractivity contribution in [3.8, 4) is 0 Å². The number of hydrogen-bond donors (Lipinski definition) is 0. The van der Waals surface area contributed by atoms with Gasteiger partial charge in [0.1, 0.15) is 7.05 Å². The predicted octanol–water partition coefficient (Wildman–Crippen LogP) is 7.95. The van der Waals surface area contributed by atoms with Gasteiger partial charge in [-0.15, -0.1) is 0 Å². The minimum atomic E-state index is 0.706. The molecule has 0 amide bonds. The van der Waals surface area contributed by atoms with Gasteiger partial charge in [0, 0.05) is 16.8 Å². The van der Waals surface area contributed by atoms with E-state index in [0.29, 0.717) is 5.92 Å². The highest BCUT2D eigenvalue weighted by Crippen LogP contribution is 2.56. The lowest BCUT2D eigenvalue weighted by molar-refractivity contribution is -0.643. The Balaban J connectivity index is 1.72. The Labute approximate surface area is 206 Å². The van der Waals surface area contributed by atoms with Gasteiger partial charge in [-0.2, -0.15) is 0 Å². The first-order chi connectivity index (χ1) is 16.9. The van der Waals surface area contributed by atoms with E-state index in [4.69, 9.17) is 0 Å². The lowest BCUT2D eigenvalue weighted by Crippen LogP contribution is -2.29. The number of aryl methyl sites for hydroxylation is 5. The number of fused-ring (bicyclic) bond motifs is 8. The van der Waals surface area contributed by atoms with E-state index >= 15 is 0 Å². The van der Waals surface area contributed by atoms with Crippen molar-refractivity contribution in [2.24, 2.45) is 18.9 Å². The molecule has 8 rings (SSSR count). The molecule has 3 atom stereocenters. The molecule has 3 unspecified atom stereocenters. The van der Waals surface area contributed by atoms with Gasteiger partial charge in [-0.25, -0.2) is 4.57 Å². The first-order valence-electron chi connectivity index (χ1n) is 13.4. The molecule has 0 spiro atoms. The molecular weight excluding hydrogens is 424 g/mol. The molecule has 0 radical (unpaired) electrons. The summed E-state index contributed by atoms with van der Waals surface area (Å²) in [6.07, 6.45) is 7.98. The predicted molar refractivity (Wildman–Crippen MR) is 147 cm³/mol. The van der Waals surface area contributed by atoms with Gasteiger partial charge in [0.2, 0.25) is 5.52 Å². The Kier molecular flexibility index (Phi) is 3.76. The molecule has 174 valence electrons. The van der Waals surface area contributed by atoms with Crippen molar-refractivity contribution in [1.82, 2.24) is 4.40 Å². The number of rotatable bonds is 1. The third kappa shape index (κ3) is 2.38. The van der Waals surface area contributed by atoms with Crippen LogP contribution in [0.15, 0.2) is 42.6 Å². The quantitative estimate of drug-likeness (QED) is 0.134. The molecule has 3 heterocycles. The van der Waals surface area contributed by atoms with Crippen molar-refractivity contribution in [1.29, 1.82) is 0 Å². The van der Waals surface area contributed by atoms with E-state index in [-0.39, 0.29) is 0 Å². The molecule has 0 N–H and O–H groups in total. The molecule has 2 nitrogen and oxygen atoms in total. The summed E-state index contributed by atoms with van der Waals surface area (Å²) in [6.45, 7) is 9.14. The first-order valence-corrected chi connectivity index (χ1v) is 13.4. The van der Waals surface area contributed by atoms with Gasteiger partial charge in [0.05, 0.1) is 27.3 Å². The fraction of sp³-hybridized carbons (Fsp3) is 0.364. The smallest absolute Gasteiger partial charge is 0.224 e. The van der Waals surface area contributed by atoms with Crippen LogP contribution in [0.2, 0.25) is 0 Å². The van der Waals surface area contributed by atoms with Crippen molar-refractivity contribution in [2.45, 2.75) is 59.3 Å². The molecule has 0 aliphatic heterocycles. The van der Waals surface area contributed by atoms with Crippen LogP contribution in [0, 0.1) is 39.5 Å². The van der Waals surface area contributed by atoms with Gasteiger partial charge in [-0.3, -0.25) is 0 Å². The maximum absolute atomic E-state index is 2.65. The summed E-state index contributed by atoms with van der Waals surface area (Å²) in [5, 5.41) is 7.24. The minimum absolute atomic E-state index is 0.706. The fourth-order valence-electron chi connectivity index (χ4n) is 8.31. The van der Waals surface area contributed by atoms with Crippen LogP contribution in [0.3, 0.4) is 0 Å². The number of benzene rings is 3. The highest BCUT2D eigenvalue weighted by Gasteiger charge is 2.41. The average molecular weight is 458 g/mol. The van der Waals surface area contributed by atoms with Crippen molar-refractivity contribution < 1.29 is 4.57 Å². The van der Waals surface area contributed by atoms with E-state index in [1.54, 1.807) is 5.56 Å². The lowest BCUT2D eigenvalue weighted by atomic mass is 9.80. The monoisotopic (exact) mass is 457 g/mol. The molecule has 2 heteroatoms. The SMILES string of the molecule is Cc1ccc2c(c1)c1c(C3CC4CCC3C4)cc3cc[n+](C)c4c5c(C)c(C)cc(C)c5n2c1c34. The Morgan fingerprint density at radius 3 is 2.46 bits per heavy atom. The summed E-state index contributed by atoms with van der Waals surface area (Å²) in [7, 11) is 2.23. The highest BCUT2D eigenvalue weighted by molar-refractivity contribution is 6.28. The Bertz CT molecular complexity index is 1870. The van der Waals surface area contributed by atoms with Gasteiger partial charge >= 0.3 is 0 Å². The zero-order valence-corrected chi connectivity index (χ0v) is 21.5. The normalized spacial score (nSPS) is 22.3. The van der Waals surface area contributed by atoms with Gasteiger partial charge < -0.3 is 4.40 Å². The van der Waals surface area contributed by atoms with Crippen molar-refractivity contribution >= 4 is 49.0 Å². The summed E-state index contributed by atoms with van der Waals surface area (Å²) >= 11 is 0. The Morgan fingerprint density at radius 1 is 0.829 bits per heavy atom. The molecule has 2 aliphatic rings. The summed E-state index contributed by atoms with van der Waals surface area (Å²) in [5.74, 6) is 2.51. The molecule has 2 aliphatic carbocycles. The van der Waals surface area contributed by atoms with E-state index in [9.17, 15) is 0 Å². The van der Waals surface area contributed by atoms with Crippen LogP contribution in [0.5, 0.6) is 0 Å². The van der Waals surface area contributed by atoms with Gasteiger partial charge in [0.15, 0.2) is 6.20 Å². The minimum Gasteiger partial charge on any atom is -0.307 e. The van der Waals surface area contributed by atoms with Gasteiger partial charge in [-0.05, 0) is 111 Å². The van der Waals surface area contributed by atoms with Crippen LogP contribution in [-0.4, -0.2) is 4.40 Å². The van der Waals surface area contributed by atoms with E-state index in [1.807, 2.05) is 0 Å². The highest BCUT2D eigenvalue weighted by atomic mass is 15.0. The van der Waals surface area contributed by atoms with Gasteiger partial charge in [0.25, 0.3) is 0 Å². The molecule has 3 aromatic carbocycles. The Hall–Kier alpha value is -3.13. The second kappa shape index (κ2) is 6.55. The second-order valence-corrected chi connectivity index (χ2v) is 11.9.